The molecule has 0 amide bonds. The van der Waals surface area contributed by atoms with Crippen molar-refractivity contribution in [2.45, 2.75) is 39.2 Å². The minimum absolute atomic E-state index is 0.137. The molecule has 2 N–H and O–H groups in total. The second-order valence-corrected chi connectivity index (χ2v) is 5.31. The first-order valence-electron chi connectivity index (χ1n) is 7.86. The molecule has 114 valence electrons. The molecule has 1 rings (SSSR count). The van der Waals surface area contributed by atoms with Crippen LogP contribution in [-0.2, 0) is 5.54 Å². The van der Waals surface area contributed by atoms with Gasteiger partial charge in [-0.05, 0) is 38.0 Å². The molecule has 3 nitrogen and oxygen atoms in total. The molecule has 0 saturated heterocycles. The van der Waals surface area contributed by atoms with Crippen molar-refractivity contribution < 1.29 is 5.11 Å². The topological polar surface area (TPSA) is 35.5 Å². The Labute approximate surface area is 124 Å². The zero-order valence-electron chi connectivity index (χ0n) is 13.2. The molecule has 1 aromatic rings. The second-order valence-electron chi connectivity index (χ2n) is 5.31. The summed E-state index contributed by atoms with van der Waals surface area (Å²) >= 11 is 0. The van der Waals surface area contributed by atoms with E-state index >= 15 is 0 Å². The van der Waals surface area contributed by atoms with Gasteiger partial charge < -0.3 is 15.3 Å². The summed E-state index contributed by atoms with van der Waals surface area (Å²) < 4.78 is 0. The van der Waals surface area contributed by atoms with E-state index in [9.17, 15) is 5.11 Å². The van der Waals surface area contributed by atoms with Gasteiger partial charge in [-0.3, -0.25) is 0 Å². The van der Waals surface area contributed by atoms with Crippen molar-refractivity contribution in [2.75, 3.05) is 32.8 Å². The Balaban J connectivity index is 2.87. The number of aliphatic hydroxyl groups excluding tert-OH is 1. The predicted octanol–water partition coefficient (Wildman–Crippen LogP) is 2.61. The Hall–Kier alpha value is -0.900. The molecular weight excluding hydrogens is 248 g/mol. The molecule has 1 aromatic carbocycles. The van der Waals surface area contributed by atoms with Crippen molar-refractivity contribution in [3.05, 3.63) is 35.9 Å². The molecule has 0 bridgehead atoms. The van der Waals surface area contributed by atoms with Gasteiger partial charge in [-0.25, -0.2) is 0 Å². The van der Waals surface area contributed by atoms with Crippen LogP contribution >= 0.6 is 0 Å². The fraction of sp³-hybridized carbons (Fsp3) is 0.647. The van der Waals surface area contributed by atoms with E-state index in [1.165, 1.54) is 5.56 Å². The summed E-state index contributed by atoms with van der Waals surface area (Å²) in [5, 5.41) is 13.6. The average molecular weight is 278 g/mol. The van der Waals surface area contributed by atoms with E-state index in [1.54, 1.807) is 0 Å². The third-order valence-corrected chi connectivity index (χ3v) is 4.06. The number of benzene rings is 1. The first-order valence-corrected chi connectivity index (χ1v) is 7.86. The van der Waals surface area contributed by atoms with Gasteiger partial charge in [0.2, 0.25) is 0 Å². The van der Waals surface area contributed by atoms with E-state index in [0.717, 1.165) is 39.0 Å². The van der Waals surface area contributed by atoms with Crippen LogP contribution in [0.15, 0.2) is 30.3 Å². The van der Waals surface area contributed by atoms with Gasteiger partial charge in [0.25, 0.3) is 0 Å². The highest BCUT2D eigenvalue weighted by Gasteiger charge is 2.30. The second kappa shape index (κ2) is 9.11. The molecule has 0 aromatic heterocycles. The largest absolute Gasteiger partial charge is 0.394 e. The van der Waals surface area contributed by atoms with Crippen LogP contribution in [0.3, 0.4) is 0 Å². The van der Waals surface area contributed by atoms with Crippen molar-refractivity contribution in [2.24, 2.45) is 0 Å². The molecule has 0 aliphatic heterocycles. The predicted molar refractivity (Wildman–Crippen MR) is 85.9 cm³/mol. The highest BCUT2D eigenvalue weighted by Crippen LogP contribution is 2.25. The maximum absolute atomic E-state index is 10.0. The average Bonchev–Trinajstić information content (AvgIpc) is 2.52. The van der Waals surface area contributed by atoms with Crippen molar-refractivity contribution in [3.8, 4) is 0 Å². The van der Waals surface area contributed by atoms with Crippen molar-refractivity contribution in [1.82, 2.24) is 10.2 Å². The van der Waals surface area contributed by atoms with Crippen molar-refractivity contribution in [1.29, 1.82) is 0 Å². The molecule has 0 aliphatic carbocycles. The maximum Gasteiger partial charge on any atom is 0.0681 e. The zero-order valence-corrected chi connectivity index (χ0v) is 13.2. The highest BCUT2D eigenvalue weighted by molar-refractivity contribution is 5.24. The van der Waals surface area contributed by atoms with Gasteiger partial charge in [-0.2, -0.15) is 0 Å². The summed E-state index contributed by atoms with van der Waals surface area (Å²) in [6.45, 7) is 10.7. The SMILES string of the molecule is CCCNC(CO)(CCN(CC)CC)c1ccccc1. The molecule has 0 saturated carbocycles. The molecule has 1 unspecified atom stereocenters. The van der Waals surface area contributed by atoms with Gasteiger partial charge in [0.15, 0.2) is 0 Å². The van der Waals surface area contributed by atoms with Gasteiger partial charge in [-0.1, -0.05) is 51.1 Å². The van der Waals surface area contributed by atoms with Gasteiger partial charge in [0, 0.05) is 6.54 Å². The van der Waals surface area contributed by atoms with Crippen LogP contribution in [0.5, 0.6) is 0 Å². The quantitative estimate of drug-likeness (QED) is 0.690. The summed E-state index contributed by atoms with van der Waals surface area (Å²) in [6, 6.07) is 10.3. The number of rotatable bonds is 10. The molecule has 20 heavy (non-hydrogen) atoms. The van der Waals surface area contributed by atoms with Crippen LogP contribution in [-0.4, -0.2) is 42.8 Å². The third kappa shape index (κ3) is 4.58. The minimum Gasteiger partial charge on any atom is -0.394 e. The Bertz CT molecular complexity index is 351. The lowest BCUT2D eigenvalue weighted by Crippen LogP contribution is -2.48. The van der Waals surface area contributed by atoms with Crippen LogP contribution in [0.1, 0.15) is 39.2 Å². The van der Waals surface area contributed by atoms with Gasteiger partial charge in [0.1, 0.15) is 0 Å². The van der Waals surface area contributed by atoms with E-state index < -0.39 is 0 Å². The molecule has 0 fully saturated rings. The smallest absolute Gasteiger partial charge is 0.0681 e. The van der Waals surface area contributed by atoms with E-state index in [2.05, 4.69) is 43.1 Å². The van der Waals surface area contributed by atoms with Crippen molar-refractivity contribution in [3.63, 3.8) is 0 Å². The molecule has 0 spiro atoms. The lowest BCUT2D eigenvalue weighted by molar-refractivity contribution is 0.134. The molecule has 0 radical (unpaired) electrons. The Morgan fingerprint density at radius 1 is 1.10 bits per heavy atom. The normalized spacial score (nSPS) is 14.4. The van der Waals surface area contributed by atoms with Crippen LogP contribution < -0.4 is 5.32 Å². The van der Waals surface area contributed by atoms with E-state index in [0.29, 0.717) is 0 Å². The molecule has 0 aliphatic rings. The Morgan fingerprint density at radius 2 is 1.75 bits per heavy atom. The fourth-order valence-electron chi connectivity index (χ4n) is 2.57. The number of nitrogens with zero attached hydrogens (tertiary/aromatic N) is 1. The monoisotopic (exact) mass is 278 g/mol. The third-order valence-electron chi connectivity index (χ3n) is 4.06. The maximum atomic E-state index is 10.0. The van der Waals surface area contributed by atoms with Crippen LogP contribution in [0.2, 0.25) is 0 Å². The molecule has 0 heterocycles. The van der Waals surface area contributed by atoms with Crippen LogP contribution in [0, 0.1) is 0 Å². The number of aliphatic hydroxyl groups is 1. The highest BCUT2D eigenvalue weighted by atomic mass is 16.3. The van der Waals surface area contributed by atoms with Gasteiger partial charge in [0.05, 0.1) is 12.1 Å². The molecular formula is C17H30N2O. The van der Waals surface area contributed by atoms with Gasteiger partial charge >= 0.3 is 0 Å². The van der Waals surface area contributed by atoms with E-state index in [4.69, 9.17) is 0 Å². The number of nitrogens with one attached hydrogen (secondary N) is 1. The number of hydrogen-bond donors (Lipinski definition) is 2. The summed E-state index contributed by atoms with van der Waals surface area (Å²) in [7, 11) is 0. The summed E-state index contributed by atoms with van der Waals surface area (Å²) in [5.74, 6) is 0. The Morgan fingerprint density at radius 3 is 2.25 bits per heavy atom. The minimum atomic E-state index is -0.320. The first-order chi connectivity index (χ1) is 9.72. The zero-order chi connectivity index (χ0) is 14.8. The van der Waals surface area contributed by atoms with Gasteiger partial charge in [-0.15, -0.1) is 0 Å². The summed E-state index contributed by atoms with van der Waals surface area (Å²) in [4.78, 5) is 2.40. The van der Waals surface area contributed by atoms with E-state index in [1.807, 2.05) is 18.2 Å². The van der Waals surface area contributed by atoms with E-state index in [-0.39, 0.29) is 12.1 Å². The Kier molecular flexibility index (Phi) is 7.82. The van der Waals surface area contributed by atoms with Crippen LogP contribution in [0.4, 0.5) is 0 Å². The van der Waals surface area contributed by atoms with Crippen LogP contribution in [0.25, 0.3) is 0 Å². The summed E-state index contributed by atoms with van der Waals surface area (Å²) in [6.07, 6.45) is 2.00. The molecule has 1 atom stereocenters. The standard InChI is InChI=1S/C17H30N2O/c1-4-13-18-17(15-20,12-14-19(5-2)6-3)16-10-8-7-9-11-16/h7-11,18,20H,4-6,12-15H2,1-3H3. The lowest BCUT2D eigenvalue weighted by Gasteiger charge is -2.35. The fourth-order valence-corrected chi connectivity index (χ4v) is 2.57. The number of hydrogen-bond acceptors (Lipinski definition) is 3. The van der Waals surface area contributed by atoms with Crippen molar-refractivity contribution >= 4 is 0 Å². The summed E-state index contributed by atoms with van der Waals surface area (Å²) in [5.41, 5.74) is 0.864. The first kappa shape index (κ1) is 17.2. The lowest BCUT2D eigenvalue weighted by atomic mass is 9.86. The molecule has 3 heteroatoms.